The Bertz CT molecular complexity index is 1180. The smallest absolute Gasteiger partial charge is 0.332 e. The minimum atomic E-state index is -1.43. The van der Waals surface area contributed by atoms with Crippen LogP contribution in [0.4, 0.5) is 10.5 Å². The molecule has 1 saturated heterocycles. The van der Waals surface area contributed by atoms with Crippen molar-refractivity contribution in [3.8, 4) is 0 Å². The molecule has 1 atom stereocenters. The number of carbonyl (C=O) groups is 3. The second-order valence-electron chi connectivity index (χ2n) is 7.23. The Morgan fingerprint density at radius 1 is 1.11 bits per heavy atom. The number of carboxylic acids is 1. The van der Waals surface area contributed by atoms with Gasteiger partial charge >= 0.3 is 6.03 Å². The summed E-state index contributed by atoms with van der Waals surface area (Å²) in [6, 6.07) is 13.2. The van der Waals surface area contributed by atoms with Crippen molar-refractivity contribution in [2.75, 3.05) is 11.4 Å². The number of amides is 3. The highest BCUT2D eigenvalue weighted by Gasteiger charge is 2.59. The molecular weight excluding hydrogens is 358 g/mol. The predicted octanol–water partition coefficient (Wildman–Crippen LogP) is 1.77. The summed E-state index contributed by atoms with van der Waals surface area (Å²) in [5, 5.41) is 12.6. The number of urea groups is 1. The molecule has 0 spiro atoms. The number of imide groups is 1. The van der Waals surface area contributed by atoms with Crippen molar-refractivity contribution in [3.05, 3.63) is 65.4 Å². The van der Waals surface area contributed by atoms with E-state index < -0.39 is 23.4 Å². The van der Waals surface area contributed by atoms with E-state index in [1.807, 2.05) is 24.3 Å². The Hall–Kier alpha value is -3.61. The van der Waals surface area contributed by atoms with Gasteiger partial charge in [0.1, 0.15) is 0 Å². The molecule has 2 aliphatic heterocycles. The van der Waals surface area contributed by atoms with Gasteiger partial charge in [-0.15, -0.1) is 0 Å². The Morgan fingerprint density at radius 3 is 2.61 bits per heavy atom. The summed E-state index contributed by atoms with van der Waals surface area (Å²) in [5.74, 6) is -1.91. The van der Waals surface area contributed by atoms with E-state index in [1.165, 1.54) is 23.1 Å². The molecule has 0 aliphatic carbocycles. The number of carboxylic acid groups (broad SMARTS) is 1. The first-order chi connectivity index (χ1) is 13.4. The number of para-hydroxylation sites is 2. The molecule has 1 N–H and O–H groups in total. The summed E-state index contributed by atoms with van der Waals surface area (Å²) >= 11 is 0. The van der Waals surface area contributed by atoms with Crippen molar-refractivity contribution in [2.24, 2.45) is 0 Å². The molecule has 3 aromatic rings. The minimum absolute atomic E-state index is 0.0331. The van der Waals surface area contributed by atoms with Gasteiger partial charge in [0.15, 0.2) is 5.54 Å². The quantitative estimate of drug-likeness (QED) is 0.692. The van der Waals surface area contributed by atoms with E-state index in [9.17, 15) is 19.5 Å². The summed E-state index contributed by atoms with van der Waals surface area (Å²) in [4.78, 5) is 44.0. The topological polar surface area (TPSA) is 96.5 Å². The van der Waals surface area contributed by atoms with Crippen LogP contribution in [0.15, 0.2) is 48.5 Å². The predicted molar refractivity (Wildman–Crippen MR) is 99.7 cm³/mol. The summed E-state index contributed by atoms with van der Waals surface area (Å²) in [6.45, 7) is 2.09. The number of rotatable bonds is 2. The fraction of sp³-hybridized carbons (Fsp3) is 0.190. The number of hydrogen-bond donors (Lipinski definition) is 1. The number of aromatic carboxylic acids is 1. The highest BCUT2D eigenvalue weighted by atomic mass is 16.4. The molecule has 0 unspecified atom stereocenters. The van der Waals surface area contributed by atoms with Gasteiger partial charge in [0.25, 0.3) is 5.91 Å². The summed E-state index contributed by atoms with van der Waals surface area (Å²) < 4.78 is 0. The molecule has 1 fully saturated rings. The number of benzene rings is 2. The number of nitrogens with one attached hydrogen (secondary N) is 1. The SMILES string of the molecule is C[C@]12C(=O)N(c3ccccc3C(=O)[O-])C(=O)N1CCc1c2[nH]c2ccccc12. The lowest BCUT2D eigenvalue weighted by Gasteiger charge is -2.35. The second-order valence-corrected chi connectivity index (χ2v) is 7.23. The van der Waals surface area contributed by atoms with E-state index in [0.717, 1.165) is 21.4 Å². The van der Waals surface area contributed by atoms with E-state index in [2.05, 4.69) is 4.98 Å². The molecule has 5 rings (SSSR count). The number of fused-ring (bicyclic) bond motifs is 5. The summed E-state index contributed by atoms with van der Waals surface area (Å²) in [5.41, 5.74) is 1.24. The van der Waals surface area contributed by atoms with Crippen LogP contribution in [-0.4, -0.2) is 34.3 Å². The van der Waals surface area contributed by atoms with Gasteiger partial charge in [-0.2, -0.15) is 0 Å². The van der Waals surface area contributed by atoms with Crippen LogP contribution in [0.2, 0.25) is 0 Å². The van der Waals surface area contributed by atoms with Gasteiger partial charge in [0, 0.05) is 23.0 Å². The minimum Gasteiger partial charge on any atom is -0.545 e. The summed E-state index contributed by atoms with van der Waals surface area (Å²) in [6.07, 6.45) is 0.615. The van der Waals surface area contributed by atoms with Crippen molar-refractivity contribution < 1.29 is 19.5 Å². The fourth-order valence-electron chi connectivity index (χ4n) is 4.45. The molecule has 3 heterocycles. The van der Waals surface area contributed by atoms with Gasteiger partial charge in [-0.3, -0.25) is 4.79 Å². The average Bonchev–Trinajstić information content (AvgIpc) is 3.16. The van der Waals surface area contributed by atoms with Crippen LogP contribution in [0, 0.1) is 0 Å². The standard InChI is InChI=1S/C21H17N3O4/c1-21-17-13(12-6-2-4-8-15(12)22-17)10-11-23(21)20(28)24(19(21)27)16-9-5-3-7-14(16)18(25)26/h2-9,22H,10-11H2,1H3,(H,25,26)/p-1/t21-/m0/s1. The molecule has 3 amide bonds. The normalized spacial score (nSPS) is 21.2. The molecule has 0 radical (unpaired) electrons. The lowest BCUT2D eigenvalue weighted by atomic mass is 9.87. The van der Waals surface area contributed by atoms with Crippen molar-refractivity contribution >= 4 is 34.5 Å². The van der Waals surface area contributed by atoms with Crippen LogP contribution in [0.5, 0.6) is 0 Å². The second kappa shape index (κ2) is 5.45. The number of aromatic amines is 1. The maximum atomic E-state index is 13.5. The van der Waals surface area contributed by atoms with Crippen molar-refractivity contribution in [3.63, 3.8) is 0 Å². The van der Waals surface area contributed by atoms with Crippen molar-refractivity contribution in [1.29, 1.82) is 0 Å². The highest BCUT2D eigenvalue weighted by Crippen LogP contribution is 2.45. The zero-order chi connectivity index (χ0) is 19.6. The number of nitrogens with zero attached hydrogens (tertiary/aromatic N) is 2. The lowest BCUT2D eigenvalue weighted by Crippen LogP contribution is -2.49. The molecule has 140 valence electrons. The van der Waals surface area contributed by atoms with E-state index >= 15 is 0 Å². The molecule has 2 aromatic carbocycles. The number of aromatic nitrogens is 1. The van der Waals surface area contributed by atoms with E-state index in [-0.39, 0.29) is 11.3 Å². The molecule has 1 aromatic heterocycles. The van der Waals surface area contributed by atoms with Crippen LogP contribution >= 0.6 is 0 Å². The van der Waals surface area contributed by atoms with Crippen LogP contribution < -0.4 is 10.0 Å². The first-order valence-electron chi connectivity index (χ1n) is 9.01. The number of anilines is 1. The number of H-pyrrole nitrogens is 1. The maximum Gasteiger partial charge on any atom is 0.332 e. The lowest BCUT2D eigenvalue weighted by molar-refractivity contribution is -0.254. The molecule has 2 aliphatic rings. The van der Waals surface area contributed by atoms with E-state index in [4.69, 9.17) is 0 Å². The molecule has 28 heavy (non-hydrogen) atoms. The average molecular weight is 374 g/mol. The third-order valence-corrected chi connectivity index (χ3v) is 5.83. The molecule has 7 nitrogen and oxygen atoms in total. The first kappa shape index (κ1) is 16.6. The van der Waals surface area contributed by atoms with Crippen molar-refractivity contribution in [2.45, 2.75) is 18.9 Å². The fourth-order valence-corrected chi connectivity index (χ4v) is 4.45. The number of carbonyl (C=O) groups excluding carboxylic acids is 3. The zero-order valence-electron chi connectivity index (χ0n) is 15.1. The largest absolute Gasteiger partial charge is 0.545 e. The summed E-state index contributed by atoms with van der Waals surface area (Å²) in [7, 11) is 0. The van der Waals surface area contributed by atoms with Crippen molar-refractivity contribution in [1.82, 2.24) is 9.88 Å². The van der Waals surface area contributed by atoms with Crippen LogP contribution in [0.1, 0.15) is 28.5 Å². The molecule has 0 saturated carbocycles. The maximum absolute atomic E-state index is 13.5. The third kappa shape index (κ3) is 1.90. The van der Waals surface area contributed by atoms with Gasteiger partial charge in [0.2, 0.25) is 0 Å². The van der Waals surface area contributed by atoms with E-state index in [0.29, 0.717) is 18.7 Å². The molecular formula is C21H16N3O4-. The Kier molecular flexibility index (Phi) is 3.22. The third-order valence-electron chi connectivity index (χ3n) is 5.83. The Morgan fingerprint density at radius 2 is 1.82 bits per heavy atom. The monoisotopic (exact) mass is 374 g/mol. The number of hydrogen-bond acceptors (Lipinski definition) is 4. The Labute approximate surface area is 160 Å². The molecule has 7 heteroatoms. The molecule has 0 bridgehead atoms. The first-order valence-corrected chi connectivity index (χ1v) is 9.01. The van der Waals surface area contributed by atoms with Gasteiger partial charge in [-0.1, -0.05) is 36.4 Å². The van der Waals surface area contributed by atoms with Gasteiger partial charge in [0.05, 0.1) is 17.4 Å². The highest BCUT2D eigenvalue weighted by molar-refractivity contribution is 6.25. The Balaban J connectivity index is 1.71. The van der Waals surface area contributed by atoms with Crippen LogP contribution in [0.25, 0.3) is 10.9 Å². The van der Waals surface area contributed by atoms with E-state index in [1.54, 1.807) is 13.0 Å². The zero-order valence-corrected chi connectivity index (χ0v) is 15.1. The van der Waals surface area contributed by atoms with Gasteiger partial charge < -0.3 is 19.8 Å². The van der Waals surface area contributed by atoms with Gasteiger partial charge in [-0.25, -0.2) is 9.69 Å². The van der Waals surface area contributed by atoms with Crippen LogP contribution in [-0.2, 0) is 16.8 Å². The van der Waals surface area contributed by atoms with Gasteiger partial charge in [-0.05, 0) is 31.0 Å². The van der Waals surface area contributed by atoms with Crippen LogP contribution in [0.3, 0.4) is 0 Å².